The third-order valence-electron chi connectivity index (χ3n) is 3.54. The highest BCUT2D eigenvalue weighted by Crippen LogP contribution is 2.24. The molecule has 1 amide bonds. The Hall–Kier alpha value is -1.79. The molecule has 0 aliphatic carbocycles. The van der Waals surface area contributed by atoms with Crippen LogP contribution in [0.25, 0.3) is 11.0 Å². The summed E-state index contributed by atoms with van der Waals surface area (Å²) in [6.07, 6.45) is 0. The highest BCUT2D eigenvalue weighted by atomic mass is 79.9. The molecule has 0 unspecified atom stereocenters. The molecule has 1 heterocycles. The number of anilines is 1. The lowest BCUT2D eigenvalue weighted by Gasteiger charge is -2.08. The van der Waals surface area contributed by atoms with Gasteiger partial charge in [-0.25, -0.2) is 4.98 Å². The zero-order valence-electron chi connectivity index (χ0n) is 12.8. The van der Waals surface area contributed by atoms with Crippen LogP contribution in [-0.2, 0) is 11.8 Å². The molecule has 0 fully saturated rings. The molecule has 0 radical (unpaired) electrons. The van der Waals surface area contributed by atoms with Crippen LogP contribution in [0, 0.1) is 6.92 Å². The van der Waals surface area contributed by atoms with Gasteiger partial charge in [0.2, 0.25) is 5.91 Å². The van der Waals surface area contributed by atoms with Gasteiger partial charge in [-0.15, -0.1) is 0 Å². The highest BCUT2D eigenvalue weighted by molar-refractivity contribution is 9.10. The quantitative estimate of drug-likeness (QED) is 0.673. The van der Waals surface area contributed by atoms with Crippen molar-refractivity contribution in [3.05, 3.63) is 52.5 Å². The maximum Gasteiger partial charge on any atom is 0.234 e. The molecule has 0 saturated carbocycles. The first kappa shape index (κ1) is 16.1. The smallest absolute Gasteiger partial charge is 0.234 e. The molecule has 1 N–H and O–H groups in total. The van der Waals surface area contributed by atoms with Crippen molar-refractivity contribution in [1.82, 2.24) is 9.55 Å². The largest absolute Gasteiger partial charge is 0.325 e. The summed E-state index contributed by atoms with van der Waals surface area (Å²) < 4.78 is 3.01. The number of carbonyl (C=O) groups excluding carboxylic acids is 1. The van der Waals surface area contributed by atoms with Crippen LogP contribution in [0.15, 0.2) is 52.1 Å². The minimum Gasteiger partial charge on any atom is -0.325 e. The molecule has 2 aromatic carbocycles. The van der Waals surface area contributed by atoms with Crippen molar-refractivity contribution in [3.63, 3.8) is 0 Å². The maximum absolute atomic E-state index is 12.2. The van der Waals surface area contributed by atoms with Crippen LogP contribution in [0.5, 0.6) is 0 Å². The Morgan fingerprint density at radius 2 is 2.09 bits per heavy atom. The van der Waals surface area contributed by atoms with E-state index in [1.165, 1.54) is 11.8 Å². The molecule has 118 valence electrons. The SMILES string of the molecule is Cc1cc(Br)ccc1NC(=O)CSc1nc2ccccc2n1C. The van der Waals surface area contributed by atoms with Crippen LogP contribution in [0.3, 0.4) is 0 Å². The van der Waals surface area contributed by atoms with Crippen LogP contribution < -0.4 is 5.32 Å². The van der Waals surface area contributed by atoms with E-state index in [1.807, 2.05) is 61.0 Å². The lowest BCUT2D eigenvalue weighted by Crippen LogP contribution is -2.15. The normalized spacial score (nSPS) is 10.9. The lowest BCUT2D eigenvalue weighted by atomic mass is 10.2. The Morgan fingerprint density at radius 1 is 1.30 bits per heavy atom. The van der Waals surface area contributed by atoms with Gasteiger partial charge in [-0.1, -0.05) is 39.8 Å². The van der Waals surface area contributed by atoms with Gasteiger partial charge in [0.1, 0.15) is 0 Å². The summed E-state index contributed by atoms with van der Waals surface area (Å²) in [6, 6.07) is 13.8. The molecule has 0 aliphatic heterocycles. The standard InChI is InChI=1S/C17H16BrN3OS/c1-11-9-12(18)7-8-13(11)19-16(22)10-23-17-20-14-5-3-4-6-15(14)21(17)2/h3-9H,10H2,1-2H3,(H,19,22). The second kappa shape index (κ2) is 6.76. The van der Waals surface area contributed by atoms with Crippen LogP contribution in [-0.4, -0.2) is 21.2 Å². The molecule has 1 aromatic heterocycles. The summed E-state index contributed by atoms with van der Waals surface area (Å²) in [7, 11) is 1.97. The van der Waals surface area contributed by atoms with Crippen LogP contribution >= 0.6 is 27.7 Å². The maximum atomic E-state index is 12.2. The minimum atomic E-state index is -0.0347. The number of hydrogen-bond donors (Lipinski definition) is 1. The summed E-state index contributed by atoms with van der Waals surface area (Å²) in [5.41, 5.74) is 3.88. The van der Waals surface area contributed by atoms with Gasteiger partial charge in [-0.2, -0.15) is 0 Å². The number of para-hydroxylation sites is 2. The van der Waals surface area contributed by atoms with E-state index in [0.29, 0.717) is 5.75 Å². The Bertz CT molecular complexity index is 875. The third kappa shape index (κ3) is 3.59. The van der Waals surface area contributed by atoms with Crippen molar-refractivity contribution in [2.45, 2.75) is 12.1 Å². The van der Waals surface area contributed by atoms with Gasteiger partial charge < -0.3 is 9.88 Å². The minimum absolute atomic E-state index is 0.0347. The topological polar surface area (TPSA) is 46.9 Å². The first-order chi connectivity index (χ1) is 11.0. The average Bonchev–Trinajstić information content (AvgIpc) is 2.85. The fraction of sp³-hybridized carbons (Fsp3) is 0.176. The number of nitrogens with one attached hydrogen (secondary N) is 1. The zero-order chi connectivity index (χ0) is 16.4. The van der Waals surface area contributed by atoms with Gasteiger partial charge in [0, 0.05) is 17.2 Å². The molecule has 0 spiro atoms. The molecule has 4 nitrogen and oxygen atoms in total. The van der Waals surface area contributed by atoms with Crippen LogP contribution in [0.2, 0.25) is 0 Å². The Kier molecular flexibility index (Phi) is 4.73. The van der Waals surface area contributed by atoms with E-state index in [0.717, 1.165) is 31.9 Å². The number of carbonyl (C=O) groups is 1. The first-order valence-electron chi connectivity index (χ1n) is 7.15. The van der Waals surface area contributed by atoms with Gasteiger partial charge >= 0.3 is 0 Å². The van der Waals surface area contributed by atoms with E-state index in [4.69, 9.17) is 0 Å². The summed E-state index contributed by atoms with van der Waals surface area (Å²) in [6.45, 7) is 1.97. The highest BCUT2D eigenvalue weighted by Gasteiger charge is 2.11. The second-order valence-corrected chi connectivity index (χ2v) is 7.10. The molecule has 6 heteroatoms. The number of benzene rings is 2. The molecule has 0 aliphatic rings. The van der Waals surface area contributed by atoms with Crippen molar-refractivity contribution in [3.8, 4) is 0 Å². The van der Waals surface area contributed by atoms with E-state index >= 15 is 0 Å². The van der Waals surface area contributed by atoms with E-state index < -0.39 is 0 Å². The zero-order valence-corrected chi connectivity index (χ0v) is 15.2. The van der Waals surface area contributed by atoms with E-state index in [1.54, 1.807) is 0 Å². The molecular formula is C17H16BrN3OS. The third-order valence-corrected chi connectivity index (χ3v) is 5.06. The number of fused-ring (bicyclic) bond motifs is 1. The van der Waals surface area contributed by atoms with Crippen molar-refractivity contribution in [1.29, 1.82) is 0 Å². The average molecular weight is 390 g/mol. The van der Waals surface area contributed by atoms with Crippen molar-refractivity contribution < 1.29 is 4.79 Å². The van der Waals surface area contributed by atoms with Crippen molar-refractivity contribution in [2.75, 3.05) is 11.1 Å². The molecular weight excluding hydrogens is 374 g/mol. The van der Waals surface area contributed by atoms with Gasteiger partial charge in [-0.3, -0.25) is 4.79 Å². The number of hydrogen-bond acceptors (Lipinski definition) is 3. The van der Waals surface area contributed by atoms with Gasteiger partial charge in [-0.05, 0) is 42.8 Å². The summed E-state index contributed by atoms with van der Waals surface area (Å²) in [5.74, 6) is 0.291. The number of nitrogens with zero attached hydrogens (tertiary/aromatic N) is 2. The predicted octanol–water partition coefficient (Wildman–Crippen LogP) is 4.38. The summed E-state index contributed by atoms with van der Waals surface area (Å²) in [4.78, 5) is 16.7. The van der Waals surface area contributed by atoms with Gasteiger partial charge in [0.05, 0.1) is 16.8 Å². The monoisotopic (exact) mass is 389 g/mol. The van der Waals surface area contributed by atoms with Crippen LogP contribution in [0.1, 0.15) is 5.56 Å². The number of rotatable bonds is 4. The fourth-order valence-electron chi connectivity index (χ4n) is 2.34. The number of imidazole rings is 1. The number of amides is 1. The number of aromatic nitrogens is 2. The fourth-order valence-corrected chi connectivity index (χ4v) is 3.60. The van der Waals surface area contributed by atoms with Crippen molar-refractivity contribution >= 4 is 50.3 Å². The predicted molar refractivity (Wildman–Crippen MR) is 98.9 cm³/mol. The van der Waals surface area contributed by atoms with Crippen molar-refractivity contribution in [2.24, 2.45) is 7.05 Å². The molecule has 3 rings (SSSR count). The first-order valence-corrected chi connectivity index (χ1v) is 8.93. The Balaban J connectivity index is 1.67. The summed E-state index contributed by atoms with van der Waals surface area (Å²) >= 11 is 4.86. The lowest BCUT2D eigenvalue weighted by molar-refractivity contribution is -0.113. The Morgan fingerprint density at radius 3 is 2.83 bits per heavy atom. The van der Waals surface area contributed by atoms with Crippen LogP contribution in [0.4, 0.5) is 5.69 Å². The molecule has 0 bridgehead atoms. The number of aryl methyl sites for hydroxylation is 2. The summed E-state index contributed by atoms with van der Waals surface area (Å²) in [5, 5.41) is 3.78. The van der Waals surface area contributed by atoms with Gasteiger partial charge in [0.15, 0.2) is 5.16 Å². The second-order valence-electron chi connectivity index (χ2n) is 5.24. The molecule has 0 atom stereocenters. The Labute approximate surface area is 147 Å². The molecule has 0 saturated heterocycles. The molecule has 23 heavy (non-hydrogen) atoms. The van der Waals surface area contributed by atoms with E-state index in [9.17, 15) is 4.79 Å². The van der Waals surface area contributed by atoms with E-state index in [-0.39, 0.29) is 5.91 Å². The number of halogens is 1. The molecule has 3 aromatic rings. The van der Waals surface area contributed by atoms with Gasteiger partial charge in [0.25, 0.3) is 0 Å². The number of thioether (sulfide) groups is 1. The van der Waals surface area contributed by atoms with E-state index in [2.05, 4.69) is 26.2 Å².